The van der Waals surface area contributed by atoms with Gasteiger partial charge in [0.05, 0.1) is 5.39 Å². The lowest BCUT2D eigenvalue weighted by molar-refractivity contribution is 0.481. The number of aromatic hydroxyl groups is 1. The SMILES string of the molecule is CCc1nnc(-c2cc3c(O)cccc3o2)o1. The first-order valence-electron chi connectivity index (χ1n) is 5.32. The molecule has 0 fully saturated rings. The summed E-state index contributed by atoms with van der Waals surface area (Å²) in [5.41, 5.74) is 0.594. The van der Waals surface area contributed by atoms with Gasteiger partial charge in [0.2, 0.25) is 5.89 Å². The summed E-state index contributed by atoms with van der Waals surface area (Å²) < 4.78 is 10.9. The van der Waals surface area contributed by atoms with Gasteiger partial charge in [-0.2, -0.15) is 0 Å². The van der Waals surface area contributed by atoms with Crippen molar-refractivity contribution in [2.75, 3.05) is 0 Å². The second-order valence-electron chi connectivity index (χ2n) is 3.65. The third-order valence-corrected chi connectivity index (χ3v) is 2.52. The first-order chi connectivity index (χ1) is 8.28. The molecule has 0 aliphatic rings. The molecule has 0 unspecified atom stereocenters. The molecule has 0 atom stereocenters. The van der Waals surface area contributed by atoms with Crippen LogP contribution in [0, 0.1) is 0 Å². The van der Waals surface area contributed by atoms with E-state index in [4.69, 9.17) is 8.83 Å². The van der Waals surface area contributed by atoms with Crippen LogP contribution in [0.4, 0.5) is 0 Å². The van der Waals surface area contributed by atoms with Gasteiger partial charge in [-0.25, -0.2) is 0 Å². The van der Waals surface area contributed by atoms with Crippen molar-refractivity contribution in [3.8, 4) is 17.4 Å². The smallest absolute Gasteiger partial charge is 0.283 e. The van der Waals surface area contributed by atoms with Crippen molar-refractivity contribution >= 4 is 11.0 Å². The molecule has 0 aliphatic carbocycles. The van der Waals surface area contributed by atoms with Gasteiger partial charge in [0.25, 0.3) is 5.89 Å². The Morgan fingerprint density at radius 3 is 2.82 bits per heavy atom. The molecule has 2 aromatic heterocycles. The highest BCUT2D eigenvalue weighted by Gasteiger charge is 2.14. The Morgan fingerprint density at radius 2 is 2.12 bits per heavy atom. The van der Waals surface area contributed by atoms with Crippen molar-refractivity contribution in [2.24, 2.45) is 0 Å². The van der Waals surface area contributed by atoms with E-state index in [-0.39, 0.29) is 5.75 Å². The molecule has 0 saturated heterocycles. The largest absolute Gasteiger partial charge is 0.507 e. The maximum Gasteiger partial charge on any atom is 0.283 e. The number of fused-ring (bicyclic) bond motifs is 1. The standard InChI is InChI=1S/C12H10N2O3/c1-2-11-13-14-12(17-11)10-6-7-8(15)4-3-5-9(7)16-10/h3-6,15H,2H2,1H3. The van der Waals surface area contributed by atoms with Gasteiger partial charge in [0.1, 0.15) is 11.3 Å². The molecule has 3 aromatic rings. The molecule has 0 amide bonds. The Labute approximate surface area is 96.7 Å². The third kappa shape index (κ3) is 1.56. The quantitative estimate of drug-likeness (QED) is 0.732. The summed E-state index contributed by atoms with van der Waals surface area (Å²) >= 11 is 0. The summed E-state index contributed by atoms with van der Waals surface area (Å²) in [5, 5.41) is 18.0. The predicted molar refractivity (Wildman–Crippen MR) is 60.5 cm³/mol. The lowest BCUT2D eigenvalue weighted by Crippen LogP contribution is -1.76. The van der Waals surface area contributed by atoms with Crippen LogP contribution in [0.2, 0.25) is 0 Å². The van der Waals surface area contributed by atoms with E-state index in [1.165, 1.54) is 0 Å². The van der Waals surface area contributed by atoms with Crippen molar-refractivity contribution in [1.82, 2.24) is 10.2 Å². The fourth-order valence-corrected chi connectivity index (χ4v) is 1.65. The third-order valence-electron chi connectivity index (χ3n) is 2.52. The zero-order valence-corrected chi connectivity index (χ0v) is 9.17. The molecular formula is C12H10N2O3. The van der Waals surface area contributed by atoms with E-state index in [1.807, 2.05) is 6.92 Å². The van der Waals surface area contributed by atoms with Crippen LogP contribution in [-0.4, -0.2) is 15.3 Å². The molecule has 0 radical (unpaired) electrons. The Bertz CT molecular complexity index is 669. The van der Waals surface area contributed by atoms with Crippen LogP contribution in [0.25, 0.3) is 22.6 Å². The van der Waals surface area contributed by atoms with Gasteiger partial charge in [-0.05, 0) is 12.1 Å². The molecule has 3 rings (SSSR count). The van der Waals surface area contributed by atoms with Gasteiger partial charge in [0, 0.05) is 12.5 Å². The average Bonchev–Trinajstić information content (AvgIpc) is 2.95. The highest BCUT2D eigenvalue weighted by Crippen LogP contribution is 2.31. The van der Waals surface area contributed by atoms with Crippen LogP contribution < -0.4 is 0 Å². The summed E-state index contributed by atoms with van der Waals surface area (Å²) in [7, 11) is 0. The van der Waals surface area contributed by atoms with E-state index in [9.17, 15) is 5.11 Å². The van der Waals surface area contributed by atoms with E-state index in [1.54, 1.807) is 24.3 Å². The van der Waals surface area contributed by atoms with Crippen LogP contribution in [0.15, 0.2) is 33.1 Å². The van der Waals surface area contributed by atoms with Crippen molar-refractivity contribution in [1.29, 1.82) is 0 Å². The zero-order chi connectivity index (χ0) is 11.8. The number of hydrogen-bond donors (Lipinski definition) is 1. The fourth-order valence-electron chi connectivity index (χ4n) is 1.65. The van der Waals surface area contributed by atoms with Crippen molar-refractivity contribution in [2.45, 2.75) is 13.3 Å². The van der Waals surface area contributed by atoms with Gasteiger partial charge in [-0.15, -0.1) is 10.2 Å². The molecule has 0 saturated carbocycles. The number of rotatable bonds is 2. The first kappa shape index (κ1) is 9.89. The maximum atomic E-state index is 9.66. The van der Waals surface area contributed by atoms with E-state index in [0.29, 0.717) is 34.9 Å². The number of aromatic nitrogens is 2. The monoisotopic (exact) mass is 230 g/mol. The van der Waals surface area contributed by atoms with Crippen LogP contribution in [-0.2, 0) is 6.42 Å². The Morgan fingerprint density at radius 1 is 1.24 bits per heavy atom. The molecule has 1 N–H and O–H groups in total. The van der Waals surface area contributed by atoms with Crippen molar-refractivity contribution in [3.63, 3.8) is 0 Å². The van der Waals surface area contributed by atoms with Crippen LogP contribution in [0.5, 0.6) is 5.75 Å². The van der Waals surface area contributed by atoms with E-state index >= 15 is 0 Å². The van der Waals surface area contributed by atoms with Gasteiger partial charge >= 0.3 is 0 Å². The Kier molecular flexibility index (Phi) is 2.11. The number of phenols is 1. The minimum Gasteiger partial charge on any atom is -0.507 e. The topological polar surface area (TPSA) is 72.3 Å². The number of furan rings is 1. The second-order valence-corrected chi connectivity index (χ2v) is 3.65. The summed E-state index contributed by atoms with van der Waals surface area (Å²) in [6.07, 6.45) is 0.679. The molecule has 2 heterocycles. The highest BCUT2D eigenvalue weighted by molar-refractivity contribution is 5.86. The minimum atomic E-state index is 0.174. The van der Waals surface area contributed by atoms with Crippen LogP contribution >= 0.6 is 0 Å². The number of nitrogens with zero attached hydrogens (tertiary/aromatic N) is 2. The number of hydrogen-bond acceptors (Lipinski definition) is 5. The first-order valence-corrected chi connectivity index (χ1v) is 5.32. The average molecular weight is 230 g/mol. The highest BCUT2D eigenvalue weighted by atomic mass is 16.4. The van der Waals surface area contributed by atoms with Gasteiger partial charge < -0.3 is 13.9 Å². The van der Waals surface area contributed by atoms with Gasteiger partial charge in [-0.3, -0.25) is 0 Å². The zero-order valence-electron chi connectivity index (χ0n) is 9.17. The summed E-state index contributed by atoms with van der Waals surface area (Å²) in [4.78, 5) is 0. The van der Waals surface area contributed by atoms with Crippen molar-refractivity contribution in [3.05, 3.63) is 30.2 Å². The molecule has 0 aliphatic heterocycles. The lowest BCUT2D eigenvalue weighted by Gasteiger charge is -1.89. The van der Waals surface area contributed by atoms with E-state index < -0.39 is 0 Å². The molecule has 5 heteroatoms. The normalized spacial score (nSPS) is 11.1. The summed E-state index contributed by atoms with van der Waals surface area (Å²) in [6, 6.07) is 6.79. The second kappa shape index (κ2) is 3.62. The van der Waals surface area contributed by atoms with E-state index in [2.05, 4.69) is 10.2 Å². The fraction of sp³-hybridized carbons (Fsp3) is 0.167. The minimum absolute atomic E-state index is 0.174. The summed E-state index contributed by atoms with van der Waals surface area (Å²) in [6.45, 7) is 1.93. The number of aryl methyl sites for hydroxylation is 1. The molecule has 0 spiro atoms. The van der Waals surface area contributed by atoms with Crippen molar-refractivity contribution < 1.29 is 13.9 Å². The molecule has 86 valence electrons. The molecule has 17 heavy (non-hydrogen) atoms. The predicted octanol–water partition coefficient (Wildman–Crippen LogP) is 2.75. The maximum absolute atomic E-state index is 9.66. The number of benzene rings is 1. The summed E-state index contributed by atoms with van der Waals surface area (Å²) in [5.74, 6) is 1.53. The molecule has 5 nitrogen and oxygen atoms in total. The molecule has 1 aromatic carbocycles. The Hall–Kier alpha value is -2.30. The molecule has 0 bridgehead atoms. The van der Waals surface area contributed by atoms with Crippen LogP contribution in [0.3, 0.4) is 0 Å². The lowest BCUT2D eigenvalue weighted by atomic mass is 10.2. The molecular weight excluding hydrogens is 220 g/mol. The Balaban J connectivity index is 2.14. The van der Waals surface area contributed by atoms with Gasteiger partial charge in [0.15, 0.2) is 5.76 Å². The van der Waals surface area contributed by atoms with Crippen LogP contribution in [0.1, 0.15) is 12.8 Å². The number of phenolic OH excluding ortho intramolecular Hbond substituents is 1. The van der Waals surface area contributed by atoms with Gasteiger partial charge in [-0.1, -0.05) is 13.0 Å². The van der Waals surface area contributed by atoms with E-state index in [0.717, 1.165) is 0 Å².